The summed E-state index contributed by atoms with van der Waals surface area (Å²) in [5, 5.41) is 6.30. The van der Waals surface area contributed by atoms with Crippen LogP contribution in [0.25, 0.3) is 0 Å². The van der Waals surface area contributed by atoms with Crippen LogP contribution in [0.5, 0.6) is 17.2 Å². The molecule has 24 heavy (non-hydrogen) atoms. The summed E-state index contributed by atoms with van der Waals surface area (Å²) in [6, 6.07) is 3.35. The van der Waals surface area contributed by atoms with Crippen LogP contribution in [0.4, 0.5) is 0 Å². The highest BCUT2D eigenvalue weighted by Gasteiger charge is 2.12. The van der Waals surface area contributed by atoms with Crippen molar-refractivity contribution in [2.24, 2.45) is 5.10 Å². The van der Waals surface area contributed by atoms with Crippen molar-refractivity contribution in [3.8, 4) is 17.2 Å². The molecular weight excluding hydrogens is 314 g/mol. The molecule has 0 heterocycles. The highest BCUT2D eigenvalue weighted by molar-refractivity contribution is 5.97. The Balaban J connectivity index is 2.71. The van der Waals surface area contributed by atoms with Crippen LogP contribution in [0.15, 0.2) is 29.9 Å². The Kier molecular flexibility index (Phi) is 7.83. The lowest BCUT2D eigenvalue weighted by Gasteiger charge is -2.12. The molecule has 8 nitrogen and oxygen atoms in total. The fourth-order valence-corrected chi connectivity index (χ4v) is 1.79. The summed E-state index contributed by atoms with van der Waals surface area (Å²) >= 11 is 0. The van der Waals surface area contributed by atoms with Crippen LogP contribution in [0.1, 0.15) is 12.0 Å². The van der Waals surface area contributed by atoms with Gasteiger partial charge in [0, 0.05) is 12.1 Å². The van der Waals surface area contributed by atoms with Crippen molar-refractivity contribution < 1.29 is 23.8 Å². The standard InChI is InChI=1S/C16H21N3O5/c1-5-6-17-14(20)9-15(21)19-18-10-11-7-12(22-2)16(24-4)13(8-11)23-3/h5,7-8,10H,1,6,9H2,2-4H3,(H,17,20)(H,19,21)/b18-10+. The number of hydrogen-bond donors (Lipinski definition) is 2. The zero-order valence-corrected chi connectivity index (χ0v) is 13.9. The molecule has 1 rings (SSSR count). The van der Waals surface area contributed by atoms with E-state index >= 15 is 0 Å². The molecule has 0 saturated carbocycles. The number of methoxy groups -OCH3 is 3. The molecule has 0 aliphatic carbocycles. The molecule has 0 fully saturated rings. The molecule has 0 aliphatic rings. The lowest BCUT2D eigenvalue weighted by atomic mass is 10.2. The lowest BCUT2D eigenvalue weighted by Crippen LogP contribution is -2.29. The fourth-order valence-electron chi connectivity index (χ4n) is 1.79. The zero-order chi connectivity index (χ0) is 17.9. The van der Waals surface area contributed by atoms with Gasteiger partial charge in [-0.1, -0.05) is 6.08 Å². The van der Waals surface area contributed by atoms with Gasteiger partial charge in [0.15, 0.2) is 11.5 Å². The molecule has 0 atom stereocenters. The molecule has 0 bridgehead atoms. The summed E-state index contributed by atoms with van der Waals surface area (Å²) in [7, 11) is 4.51. The van der Waals surface area contributed by atoms with Gasteiger partial charge >= 0.3 is 0 Å². The van der Waals surface area contributed by atoms with Gasteiger partial charge in [-0.25, -0.2) is 5.43 Å². The van der Waals surface area contributed by atoms with Gasteiger partial charge in [-0.2, -0.15) is 5.10 Å². The molecule has 0 aliphatic heterocycles. The molecule has 1 aromatic rings. The Labute approximate surface area is 140 Å². The van der Waals surface area contributed by atoms with Crippen LogP contribution in [0.3, 0.4) is 0 Å². The van der Waals surface area contributed by atoms with Gasteiger partial charge in [-0.05, 0) is 12.1 Å². The van der Waals surface area contributed by atoms with E-state index in [0.29, 0.717) is 29.4 Å². The molecule has 2 amide bonds. The van der Waals surface area contributed by atoms with Gasteiger partial charge in [0.05, 0.1) is 27.5 Å². The number of rotatable bonds is 9. The van der Waals surface area contributed by atoms with Crippen LogP contribution in [-0.2, 0) is 9.59 Å². The van der Waals surface area contributed by atoms with E-state index in [2.05, 4.69) is 22.4 Å². The molecule has 0 spiro atoms. The monoisotopic (exact) mass is 335 g/mol. The van der Waals surface area contributed by atoms with Gasteiger partial charge in [-0.15, -0.1) is 6.58 Å². The number of hydrazone groups is 1. The SMILES string of the molecule is C=CCNC(=O)CC(=O)N/N=C/c1cc(OC)c(OC)c(OC)c1. The molecule has 2 N–H and O–H groups in total. The number of carbonyl (C=O) groups is 2. The maximum atomic E-state index is 11.6. The van der Waals surface area contributed by atoms with E-state index in [9.17, 15) is 9.59 Å². The topological polar surface area (TPSA) is 98.3 Å². The fraction of sp³-hybridized carbons (Fsp3) is 0.312. The first kappa shape index (κ1) is 19.0. The quantitative estimate of drug-likeness (QED) is 0.302. The van der Waals surface area contributed by atoms with Gasteiger partial charge in [-0.3, -0.25) is 9.59 Å². The molecule has 0 radical (unpaired) electrons. The number of nitrogens with zero attached hydrogens (tertiary/aromatic N) is 1. The van der Waals surface area contributed by atoms with Crippen LogP contribution in [0, 0.1) is 0 Å². The molecule has 0 saturated heterocycles. The average Bonchev–Trinajstić information content (AvgIpc) is 2.58. The normalized spacial score (nSPS) is 10.1. The largest absolute Gasteiger partial charge is 0.493 e. The van der Waals surface area contributed by atoms with Crippen molar-refractivity contribution in [1.82, 2.24) is 10.7 Å². The maximum absolute atomic E-state index is 11.6. The summed E-state index contributed by atoms with van der Waals surface area (Å²) < 4.78 is 15.7. The predicted octanol–water partition coefficient (Wildman–Crippen LogP) is 0.855. The highest BCUT2D eigenvalue weighted by atomic mass is 16.5. The van der Waals surface area contributed by atoms with Gasteiger partial charge in [0.1, 0.15) is 6.42 Å². The van der Waals surface area contributed by atoms with Crippen LogP contribution in [-0.4, -0.2) is 45.9 Å². The minimum Gasteiger partial charge on any atom is -0.493 e. The minimum atomic E-state index is -0.528. The first-order valence-corrected chi connectivity index (χ1v) is 7.05. The van der Waals surface area contributed by atoms with E-state index in [-0.39, 0.29) is 6.42 Å². The third-order valence-corrected chi connectivity index (χ3v) is 2.85. The van der Waals surface area contributed by atoms with Crippen molar-refractivity contribution in [3.05, 3.63) is 30.4 Å². The number of benzene rings is 1. The Morgan fingerprint density at radius 1 is 1.12 bits per heavy atom. The highest BCUT2D eigenvalue weighted by Crippen LogP contribution is 2.37. The smallest absolute Gasteiger partial charge is 0.249 e. The van der Waals surface area contributed by atoms with Crippen molar-refractivity contribution >= 4 is 18.0 Å². The third-order valence-electron chi connectivity index (χ3n) is 2.85. The van der Waals surface area contributed by atoms with Gasteiger partial charge in [0.2, 0.25) is 17.6 Å². The Bertz CT molecular complexity index is 603. The first-order chi connectivity index (χ1) is 11.5. The zero-order valence-electron chi connectivity index (χ0n) is 13.9. The summed E-state index contributed by atoms with van der Waals surface area (Å²) in [6.45, 7) is 3.77. The van der Waals surface area contributed by atoms with Crippen molar-refractivity contribution in [1.29, 1.82) is 0 Å². The summed E-state index contributed by atoms with van der Waals surface area (Å²) in [6.07, 6.45) is 2.61. The third kappa shape index (κ3) is 5.64. The van der Waals surface area contributed by atoms with Gasteiger partial charge in [0.25, 0.3) is 0 Å². The number of amides is 2. The van der Waals surface area contributed by atoms with Crippen LogP contribution < -0.4 is 25.0 Å². The summed E-state index contributed by atoms with van der Waals surface area (Å²) in [4.78, 5) is 22.9. The molecule has 8 heteroatoms. The number of hydrogen-bond acceptors (Lipinski definition) is 6. The van der Waals surface area contributed by atoms with Crippen molar-refractivity contribution in [2.75, 3.05) is 27.9 Å². The summed E-state index contributed by atoms with van der Waals surface area (Å²) in [5.74, 6) is 0.456. The Hall–Kier alpha value is -3.03. The first-order valence-electron chi connectivity index (χ1n) is 7.05. The minimum absolute atomic E-state index is 0.306. The van der Waals surface area contributed by atoms with E-state index in [0.717, 1.165) is 0 Å². The molecule has 1 aromatic carbocycles. The lowest BCUT2D eigenvalue weighted by molar-refractivity contribution is -0.129. The number of nitrogens with one attached hydrogen (secondary N) is 2. The van der Waals surface area contributed by atoms with Crippen molar-refractivity contribution in [3.63, 3.8) is 0 Å². The van der Waals surface area contributed by atoms with E-state index in [1.54, 1.807) is 12.1 Å². The molecule has 130 valence electrons. The average molecular weight is 335 g/mol. The molecular formula is C16H21N3O5. The maximum Gasteiger partial charge on any atom is 0.249 e. The second-order valence-corrected chi connectivity index (χ2v) is 4.52. The van der Waals surface area contributed by atoms with E-state index < -0.39 is 11.8 Å². The van der Waals surface area contributed by atoms with Gasteiger partial charge < -0.3 is 19.5 Å². The van der Waals surface area contributed by atoms with E-state index in [4.69, 9.17) is 14.2 Å². The predicted molar refractivity (Wildman–Crippen MR) is 89.7 cm³/mol. The van der Waals surface area contributed by atoms with Crippen LogP contribution in [0.2, 0.25) is 0 Å². The van der Waals surface area contributed by atoms with E-state index in [1.807, 2.05) is 0 Å². The molecule has 0 unspecified atom stereocenters. The second-order valence-electron chi connectivity index (χ2n) is 4.52. The molecule has 0 aromatic heterocycles. The number of carbonyl (C=O) groups excluding carboxylic acids is 2. The summed E-state index contributed by atoms with van der Waals surface area (Å²) in [5.41, 5.74) is 2.90. The Morgan fingerprint density at radius 3 is 2.25 bits per heavy atom. The van der Waals surface area contributed by atoms with Crippen molar-refractivity contribution in [2.45, 2.75) is 6.42 Å². The van der Waals surface area contributed by atoms with Crippen LogP contribution >= 0.6 is 0 Å². The van der Waals surface area contributed by atoms with E-state index in [1.165, 1.54) is 33.6 Å². The second kappa shape index (κ2) is 9.88. The Morgan fingerprint density at radius 2 is 1.75 bits per heavy atom. The number of ether oxygens (including phenoxy) is 3.